The molecule has 0 saturated heterocycles. The Balaban J connectivity index is 1.54. The van der Waals surface area contributed by atoms with E-state index < -0.39 is 21.5 Å². The first kappa shape index (κ1) is 17.9. The SMILES string of the molecule is CS(=O)(=O)c1nc(NCc2nc3c(F)c(F)ccc3[nH]2)n2ncc(C3CC3)c2n1. The topological polar surface area (TPSA) is 118 Å². The van der Waals surface area contributed by atoms with Crippen LogP contribution in [-0.4, -0.2) is 44.2 Å². The molecular formula is C17H15F2N7O2S. The Morgan fingerprint density at radius 3 is 2.76 bits per heavy atom. The van der Waals surface area contributed by atoms with Gasteiger partial charge in [-0.15, -0.1) is 0 Å². The number of H-pyrrole nitrogens is 1. The molecule has 0 unspecified atom stereocenters. The van der Waals surface area contributed by atoms with Gasteiger partial charge in [0.05, 0.1) is 18.3 Å². The minimum Gasteiger partial charge on any atom is -0.347 e. The highest BCUT2D eigenvalue weighted by Crippen LogP contribution is 2.41. The molecule has 0 atom stereocenters. The maximum Gasteiger partial charge on any atom is 0.252 e. The molecule has 1 saturated carbocycles. The van der Waals surface area contributed by atoms with Crippen LogP contribution in [0.1, 0.15) is 30.1 Å². The molecule has 1 fully saturated rings. The molecule has 1 aromatic carbocycles. The van der Waals surface area contributed by atoms with Gasteiger partial charge in [-0.3, -0.25) is 0 Å². The zero-order valence-electron chi connectivity index (χ0n) is 15.1. The monoisotopic (exact) mass is 419 g/mol. The number of nitrogens with one attached hydrogen (secondary N) is 2. The second kappa shape index (κ2) is 6.17. The Bertz CT molecular complexity index is 1380. The lowest BCUT2D eigenvalue weighted by Crippen LogP contribution is -2.14. The summed E-state index contributed by atoms with van der Waals surface area (Å²) in [6, 6.07) is 2.41. The number of sulfone groups is 1. The highest BCUT2D eigenvalue weighted by molar-refractivity contribution is 7.90. The summed E-state index contributed by atoms with van der Waals surface area (Å²) in [5, 5.41) is 6.92. The van der Waals surface area contributed by atoms with Gasteiger partial charge in [-0.1, -0.05) is 0 Å². The maximum absolute atomic E-state index is 13.9. The molecule has 29 heavy (non-hydrogen) atoms. The predicted octanol–water partition coefficient (Wildman–Crippen LogP) is 2.17. The molecule has 4 aromatic rings. The van der Waals surface area contributed by atoms with E-state index in [-0.39, 0.29) is 23.2 Å². The zero-order valence-corrected chi connectivity index (χ0v) is 16.0. The Morgan fingerprint density at radius 1 is 1.24 bits per heavy atom. The molecule has 150 valence electrons. The van der Waals surface area contributed by atoms with Gasteiger partial charge >= 0.3 is 0 Å². The summed E-state index contributed by atoms with van der Waals surface area (Å²) in [6.07, 6.45) is 4.71. The van der Waals surface area contributed by atoms with Gasteiger partial charge < -0.3 is 10.3 Å². The van der Waals surface area contributed by atoms with Crippen molar-refractivity contribution in [3.8, 4) is 0 Å². The molecular weight excluding hydrogens is 404 g/mol. The summed E-state index contributed by atoms with van der Waals surface area (Å²) >= 11 is 0. The summed E-state index contributed by atoms with van der Waals surface area (Å²) in [4.78, 5) is 15.2. The average molecular weight is 419 g/mol. The van der Waals surface area contributed by atoms with Gasteiger partial charge in [-0.05, 0) is 30.9 Å². The van der Waals surface area contributed by atoms with E-state index in [1.54, 1.807) is 6.20 Å². The third-order valence-corrected chi connectivity index (χ3v) is 5.58. The van der Waals surface area contributed by atoms with Gasteiger partial charge in [0, 0.05) is 11.8 Å². The summed E-state index contributed by atoms with van der Waals surface area (Å²) in [5.74, 6) is -1.21. The normalized spacial score (nSPS) is 14.7. The first-order chi connectivity index (χ1) is 13.8. The lowest BCUT2D eigenvalue weighted by molar-refractivity contribution is 0.515. The van der Waals surface area contributed by atoms with Crippen LogP contribution in [0.15, 0.2) is 23.5 Å². The molecule has 0 spiro atoms. The molecule has 3 heterocycles. The standard InChI is InChI=1S/C17H15F2N7O2S/c1-29(27,28)17-24-15-9(8-2-3-8)6-21-26(15)16(25-17)20-7-12-22-11-5-4-10(18)13(19)14(11)23-12/h4-6,8H,2-3,7H2,1H3,(H,22,23)(H,20,24,25). The molecule has 0 bridgehead atoms. The fourth-order valence-corrected chi connectivity index (χ4v) is 3.66. The van der Waals surface area contributed by atoms with Crippen LogP contribution in [0.5, 0.6) is 0 Å². The van der Waals surface area contributed by atoms with Crippen molar-refractivity contribution in [2.24, 2.45) is 0 Å². The predicted molar refractivity (Wildman–Crippen MR) is 99.2 cm³/mol. The Morgan fingerprint density at radius 2 is 2.03 bits per heavy atom. The van der Waals surface area contributed by atoms with Crippen molar-refractivity contribution in [1.29, 1.82) is 0 Å². The summed E-state index contributed by atoms with van der Waals surface area (Å²) in [5.41, 5.74) is 1.55. The van der Waals surface area contributed by atoms with Crippen LogP contribution < -0.4 is 5.32 Å². The van der Waals surface area contributed by atoms with Crippen molar-refractivity contribution in [2.45, 2.75) is 30.5 Å². The van der Waals surface area contributed by atoms with E-state index in [0.717, 1.165) is 30.7 Å². The van der Waals surface area contributed by atoms with E-state index >= 15 is 0 Å². The van der Waals surface area contributed by atoms with Crippen molar-refractivity contribution in [1.82, 2.24) is 29.5 Å². The first-order valence-electron chi connectivity index (χ1n) is 8.83. The summed E-state index contributed by atoms with van der Waals surface area (Å²) in [6.45, 7) is 0.0592. The number of fused-ring (bicyclic) bond motifs is 2. The van der Waals surface area contributed by atoms with E-state index in [0.29, 0.717) is 22.9 Å². The number of hydrogen-bond acceptors (Lipinski definition) is 7. The van der Waals surface area contributed by atoms with Crippen molar-refractivity contribution >= 4 is 32.5 Å². The largest absolute Gasteiger partial charge is 0.347 e. The second-order valence-electron chi connectivity index (χ2n) is 7.01. The number of hydrogen-bond donors (Lipinski definition) is 2. The summed E-state index contributed by atoms with van der Waals surface area (Å²) in [7, 11) is -3.65. The minimum absolute atomic E-state index is 0.0592. The molecule has 0 amide bonds. The summed E-state index contributed by atoms with van der Waals surface area (Å²) < 4.78 is 52.8. The molecule has 12 heteroatoms. The third-order valence-electron chi connectivity index (χ3n) is 4.73. The third kappa shape index (κ3) is 3.09. The van der Waals surface area contributed by atoms with Crippen LogP contribution in [0.3, 0.4) is 0 Å². The van der Waals surface area contributed by atoms with Crippen LogP contribution in [0.25, 0.3) is 16.7 Å². The van der Waals surface area contributed by atoms with Gasteiger partial charge in [0.2, 0.25) is 15.8 Å². The number of nitrogens with zero attached hydrogens (tertiary/aromatic N) is 5. The smallest absolute Gasteiger partial charge is 0.252 e. The molecule has 1 aliphatic rings. The molecule has 2 N–H and O–H groups in total. The molecule has 0 radical (unpaired) electrons. The van der Waals surface area contributed by atoms with E-state index in [1.165, 1.54) is 10.6 Å². The van der Waals surface area contributed by atoms with Crippen LogP contribution in [0, 0.1) is 11.6 Å². The van der Waals surface area contributed by atoms with Crippen LogP contribution in [0.2, 0.25) is 0 Å². The lowest BCUT2D eigenvalue weighted by atomic mass is 10.2. The lowest BCUT2D eigenvalue weighted by Gasteiger charge is -2.08. The molecule has 0 aliphatic heterocycles. The van der Waals surface area contributed by atoms with Crippen molar-refractivity contribution < 1.29 is 17.2 Å². The van der Waals surface area contributed by atoms with E-state index in [2.05, 4.69) is 30.4 Å². The Hall–Kier alpha value is -3.15. The zero-order chi connectivity index (χ0) is 20.3. The highest BCUT2D eigenvalue weighted by Gasteiger charge is 2.29. The Kier molecular flexibility index (Phi) is 3.81. The Labute approximate surface area is 163 Å². The van der Waals surface area contributed by atoms with Crippen LogP contribution >= 0.6 is 0 Å². The number of rotatable bonds is 5. The maximum atomic E-state index is 13.9. The fraction of sp³-hybridized carbons (Fsp3) is 0.294. The highest BCUT2D eigenvalue weighted by atomic mass is 32.2. The van der Waals surface area contributed by atoms with Crippen molar-refractivity contribution in [3.63, 3.8) is 0 Å². The van der Waals surface area contributed by atoms with E-state index in [1.807, 2.05) is 0 Å². The number of imidazole rings is 1. The van der Waals surface area contributed by atoms with Crippen molar-refractivity contribution in [2.75, 3.05) is 11.6 Å². The molecule has 1 aliphatic carbocycles. The fourth-order valence-electron chi connectivity index (χ4n) is 3.15. The second-order valence-corrected chi connectivity index (χ2v) is 8.92. The van der Waals surface area contributed by atoms with Crippen molar-refractivity contribution in [3.05, 3.63) is 41.4 Å². The van der Waals surface area contributed by atoms with Gasteiger partial charge in [0.25, 0.3) is 5.16 Å². The van der Waals surface area contributed by atoms with Gasteiger partial charge in [-0.25, -0.2) is 22.2 Å². The van der Waals surface area contributed by atoms with Crippen LogP contribution in [-0.2, 0) is 16.4 Å². The number of halogens is 2. The molecule has 5 rings (SSSR count). The molecule has 3 aromatic heterocycles. The number of benzene rings is 1. The number of anilines is 1. The molecule has 9 nitrogen and oxygen atoms in total. The minimum atomic E-state index is -3.65. The number of aromatic amines is 1. The number of aromatic nitrogens is 6. The quantitative estimate of drug-likeness (QED) is 0.509. The van der Waals surface area contributed by atoms with E-state index in [4.69, 9.17) is 0 Å². The van der Waals surface area contributed by atoms with E-state index in [9.17, 15) is 17.2 Å². The van der Waals surface area contributed by atoms with Gasteiger partial charge in [0.1, 0.15) is 11.3 Å². The van der Waals surface area contributed by atoms with Gasteiger partial charge in [0.15, 0.2) is 17.3 Å². The average Bonchev–Trinajstić information content (AvgIpc) is 3.28. The first-order valence-corrected chi connectivity index (χ1v) is 10.7. The van der Waals surface area contributed by atoms with Gasteiger partial charge in [-0.2, -0.15) is 19.6 Å². The van der Waals surface area contributed by atoms with Crippen LogP contribution in [0.4, 0.5) is 14.7 Å².